The lowest BCUT2D eigenvalue weighted by molar-refractivity contribution is 1.14. The van der Waals surface area contributed by atoms with Gasteiger partial charge in [0.25, 0.3) is 0 Å². The van der Waals surface area contributed by atoms with Crippen LogP contribution in [0.15, 0.2) is 60.7 Å². The maximum Gasteiger partial charge on any atom is 0.133 e. The Kier molecular flexibility index (Phi) is 3.06. The minimum Gasteiger partial charge on any atom is -0.328 e. The molecule has 0 fully saturated rings. The first-order chi connectivity index (χ1) is 9.79. The van der Waals surface area contributed by atoms with Crippen LogP contribution >= 0.6 is 0 Å². The lowest BCUT2D eigenvalue weighted by Crippen LogP contribution is -2.12. The van der Waals surface area contributed by atoms with E-state index in [0.717, 1.165) is 22.4 Å². The van der Waals surface area contributed by atoms with Crippen LogP contribution in [0.2, 0.25) is 0 Å². The van der Waals surface area contributed by atoms with Gasteiger partial charge in [0.1, 0.15) is 11.9 Å². The number of nitriles is 1. The zero-order chi connectivity index (χ0) is 13.9. The van der Waals surface area contributed by atoms with E-state index in [1.807, 2.05) is 72.6 Å². The summed E-state index contributed by atoms with van der Waals surface area (Å²) in [5.74, 6) is 0.825. The van der Waals surface area contributed by atoms with Gasteiger partial charge in [-0.3, -0.25) is 0 Å². The van der Waals surface area contributed by atoms with E-state index < -0.39 is 0 Å². The fourth-order valence-electron chi connectivity index (χ4n) is 2.23. The van der Waals surface area contributed by atoms with Gasteiger partial charge in [0.05, 0.1) is 16.8 Å². The van der Waals surface area contributed by atoms with Crippen molar-refractivity contribution in [1.82, 2.24) is 4.98 Å². The Labute approximate surface area is 117 Å². The van der Waals surface area contributed by atoms with Crippen LogP contribution in [0.3, 0.4) is 0 Å². The highest BCUT2D eigenvalue weighted by Crippen LogP contribution is 2.26. The number of hydrogen-bond acceptors (Lipinski definition) is 3. The molecule has 3 aromatic rings. The number of pyridine rings is 1. The molecule has 0 radical (unpaired) electrons. The van der Waals surface area contributed by atoms with Gasteiger partial charge in [0.15, 0.2) is 0 Å². The molecule has 1 aromatic heterocycles. The standard InChI is InChI=1S/C17H13N3/c1-20(16-9-5-3-7-14(16)12-18)17-11-10-13-6-2-4-8-15(13)19-17/h2-11H,1H3. The average Bonchev–Trinajstić information content (AvgIpc) is 2.53. The van der Waals surface area contributed by atoms with Gasteiger partial charge < -0.3 is 4.90 Å². The highest BCUT2D eigenvalue weighted by molar-refractivity contribution is 5.81. The second kappa shape index (κ2) is 5.02. The molecule has 3 heteroatoms. The summed E-state index contributed by atoms with van der Waals surface area (Å²) in [5.41, 5.74) is 2.45. The fourth-order valence-corrected chi connectivity index (χ4v) is 2.23. The van der Waals surface area contributed by atoms with E-state index in [1.54, 1.807) is 0 Å². The predicted octanol–water partition coefficient (Wildman–Crippen LogP) is 3.87. The molecule has 0 saturated heterocycles. The highest BCUT2D eigenvalue weighted by atomic mass is 15.2. The van der Waals surface area contributed by atoms with Crippen LogP contribution in [0.4, 0.5) is 11.5 Å². The minimum atomic E-state index is 0.643. The van der Waals surface area contributed by atoms with E-state index in [2.05, 4.69) is 11.1 Å². The van der Waals surface area contributed by atoms with Gasteiger partial charge in [0, 0.05) is 12.4 Å². The van der Waals surface area contributed by atoms with Gasteiger partial charge in [-0.15, -0.1) is 0 Å². The smallest absolute Gasteiger partial charge is 0.133 e. The SMILES string of the molecule is CN(c1ccc2ccccc2n1)c1ccccc1C#N. The van der Waals surface area contributed by atoms with Crippen molar-refractivity contribution in [3.05, 3.63) is 66.2 Å². The molecule has 0 aliphatic rings. The number of fused-ring (bicyclic) bond motifs is 1. The Balaban J connectivity index is 2.08. The maximum absolute atomic E-state index is 9.19. The van der Waals surface area contributed by atoms with Crippen molar-refractivity contribution in [1.29, 1.82) is 5.26 Å². The highest BCUT2D eigenvalue weighted by Gasteiger charge is 2.10. The summed E-state index contributed by atoms with van der Waals surface area (Å²) in [6, 6.07) is 21.8. The van der Waals surface area contributed by atoms with Crippen molar-refractivity contribution in [2.75, 3.05) is 11.9 Å². The molecular weight excluding hydrogens is 246 g/mol. The molecule has 0 bridgehead atoms. The number of anilines is 2. The molecule has 0 atom stereocenters. The number of benzene rings is 2. The van der Waals surface area contributed by atoms with Crippen LogP contribution in [-0.4, -0.2) is 12.0 Å². The largest absolute Gasteiger partial charge is 0.328 e. The number of hydrogen-bond donors (Lipinski definition) is 0. The summed E-state index contributed by atoms with van der Waals surface area (Å²) < 4.78 is 0. The van der Waals surface area contributed by atoms with Crippen LogP contribution < -0.4 is 4.90 Å². The molecule has 1 heterocycles. The molecule has 2 aromatic carbocycles. The van der Waals surface area contributed by atoms with Gasteiger partial charge >= 0.3 is 0 Å². The average molecular weight is 259 g/mol. The Morgan fingerprint density at radius 2 is 1.70 bits per heavy atom. The van der Waals surface area contributed by atoms with Gasteiger partial charge in [-0.25, -0.2) is 4.98 Å². The Hall–Kier alpha value is -2.86. The normalized spacial score (nSPS) is 10.2. The molecule has 0 amide bonds. The minimum absolute atomic E-state index is 0.643. The molecule has 3 nitrogen and oxygen atoms in total. The molecule has 0 spiro atoms. The predicted molar refractivity (Wildman–Crippen MR) is 81.0 cm³/mol. The van der Waals surface area contributed by atoms with E-state index in [1.165, 1.54) is 0 Å². The van der Waals surface area contributed by atoms with E-state index in [0.29, 0.717) is 5.56 Å². The third-order valence-corrected chi connectivity index (χ3v) is 3.31. The molecule has 3 rings (SSSR count). The molecular formula is C17H13N3. The summed E-state index contributed by atoms with van der Waals surface area (Å²) in [5, 5.41) is 10.3. The van der Waals surface area contributed by atoms with E-state index in [4.69, 9.17) is 0 Å². The van der Waals surface area contributed by atoms with Crippen molar-refractivity contribution >= 4 is 22.4 Å². The van der Waals surface area contributed by atoms with Crippen molar-refractivity contribution in [2.45, 2.75) is 0 Å². The van der Waals surface area contributed by atoms with Crippen molar-refractivity contribution in [3.63, 3.8) is 0 Å². The second-order valence-electron chi connectivity index (χ2n) is 4.55. The molecule has 0 saturated carbocycles. The maximum atomic E-state index is 9.19. The first-order valence-electron chi connectivity index (χ1n) is 6.38. The van der Waals surface area contributed by atoms with Crippen LogP contribution in [0.5, 0.6) is 0 Å². The molecule has 0 N–H and O–H groups in total. The third-order valence-electron chi connectivity index (χ3n) is 3.31. The summed E-state index contributed by atoms with van der Waals surface area (Å²) >= 11 is 0. The molecule has 20 heavy (non-hydrogen) atoms. The van der Waals surface area contributed by atoms with E-state index in [9.17, 15) is 5.26 Å². The van der Waals surface area contributed by atoms with Crippen molar-refractivity contribution in [2.24, 2.45) is 0 Å². The number of para-hydroxylation sites is 2. The fraction of sp³-hybridized carbons (Fsp3) is 0.0588. The molecule has 0 aliphatic carbocycles. The summed E-state index contributed by atoms with van der Waals surface area (Å²) in [7, 11) is 1.92. The summed E-state index contributed by atoms with van der Waals surface area (Å²) in [6.07, 6.45) is 0. The third kappa shape index (κ3) is 2.08. The number of rotatable bonds is 2. The van der Waals surface area contributed by atoms with Crippen LogP contribution in [-0.2, 0) is 0 Å². The van der Waals surface area contributed by atoms with Crippen molar-refractivity contribution < 1.29 is 0 Å². The van der Waals surface area contributed by atoms with Crippen LogP contribution in [0, 0.1) is 11.3 Å². The van der Waals surface area contributed by atoms with E-state index in [-0.39, 0.29) is 0 Å². The quantitative estimate of drug-likeness (QED) is 0.701. The van der Waals surface area contributed by atoms with Gasteiger partial charge in [-0.05, 0) is 30.3 Å². The topological polar surface area (TPSA) is 39.9 Å². The van der Waals surface area contributed by atoms with Crippen LogP contribution in [0.1, 0.15) is 5.56 Å². The van der Waals surface area contributed by atoms with Gasteiger partial charge in [-0.1, -0.05) is 30.3 Å². The molecule has 0 aliphatic heterocycles. The number of nitrogens with zero attached hydrogens (tertiary/aromatic N) is 3. The summed E-state index contributed by atoms with van der Waals surface area (Å²) in [4.78, 5) is 6.58. The first kappa shape index (κ1) is 12.2. The Morgan fingerprint density at radius 3 is 2.55 bits per heavy atom. The lowest BCUT2D eigenvalue weighted by atomic mass is 10.1. The lowest BCUT2D eigenvalue weighted by Gasteiger charge is -2.19. The first-order valence-corrected chi connectivity index (χ1v) is 6.38. The molecule has 0 unspecified atom stereocenters. The van der Waals surface area contributed by atoms with Crippen LogP contribution in [0.25, 0.3) is 10.9 Å². The monoisotopic (exact) mass is 259 g/mol. The van der Waals surface area contributed by atoms with Gasteiger partial charge in [0.2, 0.25) is 0 Å². The van der Waals surface area contributed by atoms with Gasteiger partial charge in [-0.2, -0.15) is 5.26 Å². The van der Waals surface area contributed by atoms with E-state index >= 15 is 0 Å². The second-order valence-corrected chi connectivity index (χ2v) is 4.55. The molecule has 96 valence electrons. The zero-order valence-electron chi connectivity index (χ0n) is 11.1. The summed E-state index contributed by atoms with van der Waals surface area (Å²) in [6.45, 7) is 0. The zero-order valence-corrected chi connectivity index (χ0v) is 11.1. The van der Waals surface area contributed by atoms with Crippen molar-refractivity contribution in [3.8, 4) is 6.07 Å². The number of aromatic nitrogens is 1. The Bertz CT molecular complexity index is 802. The Morgan fingerprint density at radius 1 is 0.950 bits per heavy atom.